The predicted octanol–water partition coefficient (Wildman–Crippen LogP) is 5.79. The van der Waals surface area contributed by atoms with Crippen molar-refractivity contribution in [2.24, 2.45) is 0 Å². The summed E-state index contributed by atoms with van der Waals surface area (Å²) in [5, 5.41) is 10.8. The van der Waals surface area contributed by atoms with Crippen LogP contribution in [0.1, 0.15) is 21.5 Å². The molecule has 2 heterocycles. The molecule has 5 nitrogen and oxygen atoms in total. The van der Waals surface area contributed by atoms with Crippen molar-refractivity contribution < 1.29 is 9.59 Å². The normalized spacial score (nSPS) is 17.1. The summed E-state index contributed by atoms with van der Waals surface area (Å²) in [4.78, 5) is 31.8. The average molecular weight is 464 g/mol. The maximum atomic E-state index is 13.6. The maximum absolute atomic E-state index is 13.6. The van der Waals surface area contributed by atoms with Crippen molar-refractivity contribution in [3.05, 3.63) is 112 Å². The van der Waals surface area contributed by atoms with Crippen molar-refractivity contribution in [3.63, 3.8) is 0 Å². The number of rotatable bonds is 5. The van der Waals surface area contributed by atoms with E-state index in [1.165, 1.54) is 16.7 Å². The lowest BCUT2D eigenvalue weighted by Crippen LogP contribution is -2.30. The zero-order chi connectivity index (χ0) is 23.7. The number of allylic oxidation sites excluding steroid dienone is 1. The molecule has 0 saturated carbocycles. The number of benzene rings is 3. The summed E-state index contributed by atoms with van der Waals surface area (Å²) in [6.45, 7) is 2.02. The first-order valence-corrected chi connectivity index (χ1v) is 11.8. The Bertz CT molecular complexity index is 1480. The zero-order valence-electron chi connectivity index (χ0n) is 18.5. The van der Waals surface area contributed by atoms with Crippen LogP contribution in [0.15, 0.2) is 95.7 Å². The second-order valence-corrected chi connectivity index (χ2v) is 9.31. The number of nitrogens with one attached hydrogen (secondary N) is 1. The number of Topliss-reactive ketones (excluding diaryl/α,β-unsaturated/α-hetero) is 1. The van der Waals surface area contributed by atoms with Crippen molar-refractivity contribution >= 4 is 40.0 Å². The van der Waals surface area contributed by atoms with E-state index in [1.807, 2.05) is 85.8 Å². The van der Waals surface area contributed by atoms with E-state index in [-0.39, 0.29) is 11.5 Å². The van der Waals surface area contributed by atoms with Gasteiger partial charge in [-0.3, -0.25) is 14.5 Å². The number of aryl methyl sites for hydroxylation is 1. The molecule has 166 valence electrons. The number of aromatic nitrogens is 1. The number of aromatic amines is 1. The summed E-state index contributed by atoms with van der Waals surface area (Å²) >= 11 is 1.29. The van der Waals surface area contributed by atoms with E-state index in [9.17, 15) is 14.9 Å². The lowest BCUT2D eigenvalue weighted by molar-refractivity contribution is -0.117. The molecule has 1 atom stereocenters. The van der Waals surface area contributed by atoms with E-state index < -0.39 is 11.0 Å². The molecule has 0 unspecified atom stereocenters. The number of hydrogen-bond donors (Lipinski definition) is 1. The SMILES string of the molecule is Cc1ccccc1C[C@H]1S/C(=C(/C#N)C(=O)c2c[nH]c3ccccc23)N(c2ccccc2)C1=O. The molecule has 1 fully saturated rings. The van der Waals surface area contributed by atoms with E-state index in [2.05, 4.69) is 11.1 Å². The van der Waals surface area contributed by atoms with Gasteiger partial charge in [0, 0.05) is 28.4 Å². The van der Waals surface area contributed by atoms with Crippen molar-refractivity contribution in [3.8, 4) is 6.07 Å². The summed E-state index contributed by atoms with van der Waals surface area (Å²) in [5.41, 5.74) is 4.03. The van der Waals surface area contributed by atoms with E-state index in [0.29, 0.717) is 22.7 Å². The highest BCUT2D eigenvalue weighted by Crippen LogP contribution is 2.42. The molecule has 1 aliphatic rings. The van der Waals surface area contributed by atoms with Gasteiger partial charge in [-0.1, -0.05) is 72.4 Å². The number of carbonyl (C=O) groups is 2. The van der Waals surface area contributed by atoms with Gasteiger partial charge in [0.15, 0.2) is 0 Å². The molecule has 6 heteroatoms. The van der Waals surface area contributed by atoms with Crippen LogP contribution in [0, 0.1) is 18.3 Å². The fraction of sp³-hybridized carbons (Fsp3) is 0.107. The van der Waals surface area contributed by atoms with Crippen LogP contribution in [0.25, 0.3) is 10.9 Å². The number of para-hydroxylation sites is 2. The zero-order valence-corrected chi connectivity index (χ0v) is 19.3. The van der Waals surface area contributed by atoms with Crippen molar-refractivity contribution in [1.29, 1.82) is 5.26 Å². The molecule has 34 heavy (non-hydrogen) atoms. The van der Waals surface area contributed by atoms with Gasteiger partial charge in [-0.25, -0.2) is 0 Å². The Morgan fingerprint density at radius 2 is 1.74 bits per heavy atom. The largest absolute Gasteiger partial charge is 0.360 e. The first kappa shape index (κ1) is 21.7. The highest BCUT2D eigenvalue weighted by molar-refractivity contribution is 8.05. The van der Waals surface area contributed by atoms with Crippen LogP contribution in [-0.4, -0.2) is 21.9 Å². The molecule has 0 radical (unpaired) electrons. The van der Waals surface area contributed by atoms with E-state index >= 15 is 0 Å². The van der Waals surface area contributed by atoms with Gasteiger partial charge in [0.05, 0.1) is 5.25 Å². The van der Waals surface area contributed by atoms with Crippen molar-refractivity contribution in [2.45, 2.75) is 18.6 Å². The quantitative estimate of drug-likeness (QED) is 0.231. The fourth-order valence-corrected chi connectivity index (χ4v) is 5.53. The number of anilines is 1. The molecule has 1 saturated heterocycles. The molecule has 1 amide bonds. The second kappa shape index (κ2) is 9.05. The molecule has 1 N–H and O–H groups in total. The van der Waals surface area contributed by atoms with E-state index in [4.69, 9.17) is 0 Å². The summed E-state index contributed by atoms with van der Waals surface area (Å²) in [7, 11) is 0. The van der Waals surface area contributed by atoms with Crippen LogP contribution in [-0.2, 0) is 11.2 Å². The Hall–Kier alpha value is -4.08. The third-order valence-corrected chi connectivity index (χ3v) is 7.28. The monoisotopic (exact) mass is 463 g/mol. The topological polar surface area (TPSA) is 77.0 Å². The highest BCUT2D eigenvalue weighted by Gasteiger charge is 2.41. The minimum Gasteiger partial charge on any atom is -0.360 e. The van der Waals surface area contributed by atoms with Crippen LogP contribution in [0.2, 0.25) is 0 Å². The van der Waals surface area contributed by atoms with Crippen molar-refractivity contribution in [1.82, 2.24) is 4.98 Å². The number of amides is 1. The number of nitrogens with zero attached hydrogens (tertiary/aromatic N) is 2. The summed E-state index contributed by atoms with van der Waals surface area (Å²) in [6.07, 6.45) is 2.15. The second-order valence-electron chi connectivity index (χ2n) is 8.12. The lowest BCUT2D eigenvalue weighted by atomic mass is 10.0. The number of ketones is 1. The molecule has 5 rings (SSSR count). The fourth-order valence-electron chi connectivity index (χ4n) is 4.23. The summed E-state index contributed by atoms with van der Waals surface area (Å²) in [6, 6.07) is 26.7. The Kier molecular flexibility index (Phi) is 5.79. The third kappa shape index (κ3) is 3.81. The van der Waals surface area contributed by atoms with Gasteiger partial charge in [-0.15, -0.1) is 0 Å². The first-order chi connectivity index (χ1) is 16.6. The van der Waals surface area contributed by atoms with Gasteiger partial charge >= 0.3 is 0 Å². The summed E-state index contributed by atoms with van der Waals surface area (Å²) < 4.78 is 0. The van der Waals surface area contributed by atoms with Gasteiger partial charge in [0.2, 0.25) is 11.7 Å². The van der Waals surface area contributed by atoms with Gasteiger partial charge in [-0.05, 0) is 42.7 Å². The number of hydrogen-bond acceptors (Lipinski definition) is 4. The van der Waals surface area contributed by atoms with Crippen LogP contribution >= 0.6 is 11.8 Å². The van der Waals surface area contributed by atoms with Crippen molar-refractivity contribution in [2.75, 3.05) is 4.90 Å². The molecule has 4 aromatic rings. The Morgan fingerprint density at radius 1 is 1.03 bits per heavy atom. The first-order valence-electron chi connectivity index (χ1n) is 10.9. The molecule has 0 bridgehead atoms. The Labute approximate surface area is 201 Å². The van der Waals surface area contributed by atoms with Crippen LogP contribution in [0.3, 0.4) is 0 Å². The van der Waals surface area contributed by atoms with Crippen LogP contribution in [0.4, 0.5) is 5.69 Å². The number of nitriles is 1. The molecular formula is C28H21N3O2S. The molecule has 0 spiro atoms. The third-order valence-electron chi connectivity index (χ3n) is 6.02. The molecule has 0 aliphatic carbocycles. The van der Waals surface area contributed by atoms with Gasteiger partial charge in [0.1, 0.15) is 16.7 Å². The molecule has 1 aliphatic heterocycles. The minimum atomic E-state index is -0.435. The maximum Gasteiger partial charge on any atom is 0.245 e. The minimum absolute atomic E-state index is 0.0285. The Balaban J connectivity index is 1.61. The molecule has 3 aromatic carbocycles. The summed E-state index contributed by atoms with van der Waals surface area (Å²) in [5.74, 6) is -0.526. The smallest absolute Gasteiger partial charge is 0.245 e. The van der Waals surface area contributed by atoms with Gasteiger partial charge < -0.3 is 4.98 Å². The standard InChI is InChI=1S/C28H21N3O2S/c1-18-9-5-6-10-19(18)15-25-27(33)31(20-11-3-2-4-12-20)28(34-25)22(16-29)26(32)23-17-30-24-14-8-7-13-21(23)24/h2-14,17,25,30H,15H2,1H3/b28-22-/t25-/m1/s1. The molecular weight excluding hydrogens is 442 g/mol. The van der Waals surface area contributed by atoms with E-state index in [0.717, 1.165) is 22.0 Å². The highest BCUT2D eigenvalue weighted by atomic mass is 32.2. The van der Waals surface area contributed by atoms with Crippen LogP contribution < -0.4 is 4.90 Å². The van der Waals surface area contributed by atoms with E-state index in [1.54, 1.807) is 6.20 Å². The predicted molar refractivity (Wildman–Crippen MR) is 135 cm³/mol. The Morgan fingerprint density at radius 3 is 2.50 bits per heavy atom. The lowest BCUT2D eigenvalue weighted by Gasteiger charge is -2.18. The number of carbonyl (C=O) groups excluding carboxylic acids is 2. The number of fused-ring (bicyclic) bond motifs is 1. The number of thioether (sulfide) groups is 1. The van der Waals surface area contributed by atoms with Gasteiger partial charge in [0.25, 0.3) is 0 Å². The molecule has 1 aromatic heterocycles. The number of H-pyrrole nitrogens is 1. The van der Waals surface area contributed by atoms with Crippen LogP contribution in [0.5, 0.6) is 0 Å². The average Bonchev–Trinajstić information content (AvgIpc) is 3.43. The van der Waals surface area contributed by atoms with Gasteiger partial charge in [-0.2, -0.15) is 5.26 Å².